The van der Waals surface area contributed by atoms with E-state index in [4.69, 9.17) is 9.26 Å². The molecule has 0 aromatic carbocycles. The van der Waals surface area contributed by atoms with E-state index in [1.54, 1.807) is 0 Å². The number of nitrogens with zero attached hydrogens (tertiary/aromatic N) is 2. The molecule has 0 aliphatic carbocycles. The van der Waals surface area contributed by atoms with Gasteiger partial charge in [-0.2, -0.15) is 0 Å². The zero-order chi connectivity index (χ0) is 17.5. The number of ether oxygens (including phenoxy) is 1. The lowest BCUT2D eigenvalue weighted by atomic mass is 9.86. The number of amides is 1. The van der Waals surface area contributed by atoms with Crippen molar-refractivity contribution in [3.63, 3.8) is 0 Å². The maximum atomic E-state index is 12.6. The number of aryl methyl sites for hydroxylation is 1. The van der Waals surface area contributed by atoms with Gasteiger partial charge in [-0.1, -0.05) is 5.16 Å². The second-order valence-electron chi connectivity index (χ2n) is 8.02. The number of carbonyl (C=O) groups excluding carboxylic acids is 2. The number of Topliss-reactive ketones (excluding diaryl/α,β-unsaturated/α-hetero) is 1. The summed E-state index contributed by atoms with van der Waals surface area (Å²) < 4.78 is 10.7. The van der Waals surface area contributed by atoms with Gasteiger partial charge in [-0.3, -0.25) is 4.79 Å². The standard InChI is InChI=1S/C18H26N2O4/c1-11-7-15(24-19-11)10-16(21)12-8-13-5-6-14(9-12)20(13)17(22)23-18(2,3)4/h7,12-14H,5-6,8-10H2,1-4H3. The number of fused-ring (bicyclic) bond motifs is 2. The third-order valence-corrected chi connectivity index (χ3v) is 4.82. The molecule has 2 bridgehead atoms. The van der Waals surface area contributed by atoms with Crippen molar-refractivity contribution in [2.45, 2.75) is 77.5 Å². The second-order valence-corrected chi connectivity index (χ2v) is 8.02. The van der Waals surface area contributed by atoms with Gasteiger partial charge < -0.3 is 14.2 Å². The van der Waals surface area contributed by atoms with Crippen molar-refractivity contribution in [2.75, 3.05) is 0 Å². The third kappa shape index (κ3) is 3.62. The highest BCUT2D eigenvalue weighted by Gasteiger charge is 2.46. The van der Waals surface area contributed by atoms with E-state index < -0.39 is 5.60 Å². The quantitative estimate of drug-likeness (QED) is 0.848. The van der Waals surface area contributed by atoms with Gasteiger partial charge in [0, 0.05) is 24.1 Å². The Morgan fingerprint density at radius 1 is 1.29 bits per heavy atom. The monoisotopic (exact) mass is 334 g/mol. The van der Waals surface area contributed by atoms with Crippen LogP contribution in [0.5, 0.6) is 0 Å². The van der Waals surface area contributed by atoms with Crippen molar-refractivity contribution in [3.05, 3.63) is 17.5 Å². The summed E-state index contributed by atoms with van der Waals surface area (Å²) in [7, 11) is 0. The molecule has 132 valence electrons. The smallest absolute Gasteiger partial charge is 0.410 e. The van der Waals surface area contributed by atoms with Gasteiger partial charge >= 0.3 is 6.09 Å². The molecule has 6 nitrogen and oxygen atoms in total. The first-order valence-corrected chi connectivity index (χ1v) is 8.69. The fourth-order valence-electron chi connectivity index (χ4n) is 3.87. The summed E-state index contributed by atoms with van der Waals surface area (Å²) in [6.45, 7) is 7.48. The van der Waals surface area contributed by atoms with Crippen molar-refractivity contribution >= 4 is 11.9 Å². The molecule has 0 spiro atoms. The maximum Gasteiger partial charge on any atom is 0.410 e. The zero-order valence-electron chi connectivity index (χ0n) is 14.9. The summed E-state index contributed by atoms with van der Waals surface area (Å²) >= 11 is 0. The van der Waals surface area contributed by atoms with Crippen LogP contribution in [-0.4, -0.2) is 39.6 Å². The average Bonchev–Trinajstić information content (AvgIpc) is 2.98. The lowest BCUT2D eigenvalue weighted by Crippen LogP contribution is -2.49. The molecule has 2 saturated heterocycles. The summed E-state index contributed by atoms with van der Waals surface area (Å²) in [5.41, 5.74) is 0.297. The molecule has 1 aromatic heterocycles. The Morgan fingerprint density at radius 3 is 2.42 bits per heavy atom. The Morgan fingerprint density at radius 2 is 1.92 bits per heavy atom. The molecule has 0 radical (unpaired) electrons. The molecule has 0 saturated carbocycles. The van der Waals surface area contributed by atoms with Gasteiger partial charge in [0.25, 0.3) is 0 Å². The summed E-state index contributed by atoms with van der Waals surface area (Å²) in [6.07, 6.45) is 3.40. The number of carbonyl (C=O) groups is 2. The van der Waals surface area contributed by atoms with Crippen molar-refractivity contribution in [1.82, 2.24) is 10.1 Å². The highest BCUT2D eigenvalue weighted by Crippen LogP contribution is 2.40. The highest BCUT2D eigenvalue weighted by atomic mass is 16.6. The van der Waals surface area contributed by atoms with Crippen molar-refractivity contribution in [2.24, 2.45) is 5.92 Å². The SMILES string of the molecule is Cc1cc(CC(=O)C2CC3CCC(C2)N3C(=O)OC(C)(C)C)on1. The van der Waals surface area contributed by atoms with Gasteiger partial charge in [-0.25, -0.2) is 4.79 Å². The van der Waals surface area contributed by atoms with Gasteiger partial charge in [-0.15, -0.1) is 0 Å². The van der Waals surface area contributed by atoms with Crippen LogP contribution in [0.1, 0.15) is 57.9 Å². The fraction of sp³-hybridized carbons (Fsp3) is 0.722. The molecule has 1 amide bonds. The number of rotatable bonds is 3. The lowest BCUT2D eigenvalue weighted by Gasteiger charge is -2.39. The van der Waals surface area contributed by atoms with Crippen molar-refractivity contribution in [1.29, 1.82) is 0 Å². The highest BCUT2D eigenvalue weighted by molar-refractivity contribution is 5.83. The molecule has 2 fully saturated rings. The van der Waals surface area contributed by atoms with Crippen LogP contribution < -0.4 is 0 Å². The lowest BCUT2D eigenvalue weighted by molar-refractivity contribution is -0.124. The molecule has 3 rings (SSSR count). The molecule has 1 aromatic rings. The van der Waals surface area contributed by atoms with Crippen LogP contribution in [0.3, 0.4) is 0 Å². The Kier molecular flexibility index (Phi) is 4.40. The Bertz CT molecular complexity index is 617. The van der Waals surface area contributed by atoms with E-state index in [9.17, 15) is 9.59 Å². The third-order valence-electron chi connectivity index (χ3n) is 4.82. The van der Waals surface area contributed by atoms with E-state index in [2.05, 4.69) is 5.16 Å². The molecule has 2 atom stereocenters. The first-order valence-electron chi connectivity index (χ1n) is 8.69. The van der Waals surface area contributed by atoms with Crippen LogP contribution >= 0.6 is 0 Å². The van der Waals surface area contributed by atoms with E-state index in [-0.39, 0.29) is 36.3 Å². The number of piperidine rings is 1. The first-order chi connectivity index (χ1) is 11.2. The predicted octanol–water partition coefficient (Wildman–Crippen LogP) is 3.27. The molecule has 2 aliphatic rings. The average molecular weight is 334 g/mol. The van der Waals surface area contributed by atoms with E-state index in [1.165, 1.54) is 0 Å². The van der Waals surface area contributed by atoms with Gasteiger partial charge in [-0.05, 0) is 53.4 Å². The molecule has 2 unspecified atom stereocenters. The molecule has 2 aliphatic heterocycles. The largest absolute Gasteiger partial charge is 0.444 e. The van der Waals surface area contributed by atoms with Gasteiger partial charge in [0.2, 0.25) is 0 Å². The summed E-state index contributed by atoms with van der Waals surface area (Å²) in [4.78, 5) is 26.9. The summed E-state index contributed by atoms with van der Waals surface area (Å²) in [5.74, 6) is 0.804. The summed E-state index contributed by atoms with van der Waals surface area (Å²) in [5, 5.41) is 3.83. The normalized spacial score (nSPS) is 26.5. The second kappa shape index (κ2) is 6.22. The number of ketones is 1. The predicted molar refractivity (Wildman–Crippen MR) is 87.6 cm³/mol. The van der Waals surface area contributed by atoms with E-state index in [1.807, 2.05) is 38.7 Å². The Balaban J connectivity index is 1.62. The maximum absolute atomic E-state index is 12.6. The zero-order valence-corrected chi connectivity index (χ0v) is 14.9. The molecular formula is C18H26N2O4. The molecule has 0 N–H and O–H groups in total. The minimum absolute atomic E-state index is 0.00778. The van der Waals surface area contributed by atoms with Crippen LogP contribution in [0.15, 0.2) is 10.6 Å². The minimum atomic E-state index is -0.493. The Hall–Kier alpha value is -1.85. The number of hydrogen-bond acceptors (Lipinski definition) is 5. The van der Waals surface area contributed by atoms with Gasteiger partial charge in [0.15, 0.2) is 0 Å². The van der Waals surface area contributed by atoms with E-state index in [0.29, 0.717) is 5.76 Å². The molecule has 24 heavy (non-hydrogen) atoms. The van der Waals surface area contributed by atoms with Gasteiger partial charge in [0.1, 0.15) is 17.1 Å². The minimum Gasteiger partial charge on any atom is -0.444 e. The van der Waals surface area contributed by atoms with E-state index in [0.717, 1.165) is 31.4 Å². The van der Waals surface area contributed by atoms with Crippen LogP contribution in [-0.2, 0) is 16.0 Å². The van der Waals surface area contributed by atoms with Crippen molar-refractivity contribution in [3.8, 4) is 0 Å². The first kappa shape index (κ1) is 17.0. The van der Waals surface area contributed by atoms with Crippen LogP contribution in [0.25, 0.3) is 0 Å². The van der Waals surface area contributed by atoms with Crippen LogP contribution in [0.2, 0.25) is 0 Å². The number of hydrogen-bond donors (Lipinski definition) is 0. The molecule has 3 heterocycles. The van der Waals surface area contributed by atoms with Crippen molar-refractivity contribution < 1.29 is 18.8 Å². The Labute approximate surface area is 142 Å². The topological polar surface area (TPSA) is 72.6 Å². The van der Waals surface area contributed by atoms with E-state index >= 15 is 0 Å². The van der Waals surface area contributed by atoms with Crippen LogP contribution in [0.4, 0.5) is 4.79 Å². The van der Waals surface area contributed by atoms with Crippen LogP contribution in [0, 0.1) is 12.8 Å². The fourth-order valence-corrected chi connectivity index (χ4v) is 3.87. The number of aromatic nitrogens is 1. The summed E-state index contributed by atoms with van der Waals surface area (Å²) in [6, 6.07) is 2.04. The molecule has 6 heteroatoms. The van der Waals surface area contributed by atoms with Gasteiger partial charge in [0.05, 0.1) is 12.1 Å². The molecular weight excluding hydrogens is 308 g/mol.